The van der Waals surface area contributed by atoms with E-state index < -0.39 is 0 Å². The second kappa shape index (κ2) is 12.4. The van der Waals surface area contributed by atoms with E-state index in [1.165, 1.54) is 9.91 Å². The lowest BCUT2D eigenvalue weighted by Gasteiger charge is -2.28. The Labute approximate surface area is 212 Å². The molecule has 0 spiro atoms. The molecule has 9 nitrogen and oxygen atoms in total. The van der Waals surface area contributed by atoms with Crippen LogP contribution in [0.25, 0.3) is 0 Å². The average Bonchev–Trinajstić information content (AvgIpc) is 3.35. The summed E-state index contributed by atoms with van der Waals surface area (Å²) < 4.78 is 21.3. The van der Waals surface area contributed by atoms with Gasteiger partial charge in [-0.25, -0.2) is 5.01 Å². The number of benzene rings is 2. The maximum Gasteiger partial charge on any atom is 0.262 e. The molecular formula is C27H35N3O6. The summed E-state index contributed by atoms with van der Waals surface area (Å²) in [7, 11) is 6.33. The number of nitrogens with zero attached hydrogens (tertiary/aromatic N) is 3. The van der Waals surface area contributed by atoms with Gasteiger partial charge in [0.15, 0.2) is 11.5 Å². The Hall–Kier alpha value is -3.59. The van der Waals surface area contributed by atoms with Gasteiger partial charge < -0.3 is 23.8 Å². The summed E-state index contributed by atoms with van der Waals surface area (Å²) in [5.74, 6) is 1.28. The van der Waals surface area contributed by atoms with Gasteiger partial charge in [0.2, 0.25) is 5.91 Å². The second-order valence-electron chi connectivity index (χ2n) is 8.76. The predicted molar refractivity (Wildman–Crippen MR) is 137 cm³/mol. The molecular weight excluding hydrogens is 462 g/mol. The van der Waals surface area contributed by atoms with Crippen molar-refractivity contribution in [2.45, 2.75) is 26.3 Å². The molecule has 0 bridgehead atoms. The van der Waals surface area contributed by atoms with Crippen molar-refractivity contribution in [1.29, 1.82) is 0 Å². The van der Waals surface area contributed by atoms with Crippen LogP contribution in [0, 0.1) is 5.92 Å². The smallest absolute Gasteiger partial charge is 0.262 e. The Morgan fingerprint density at radius 1 is 1.00 bits per heavy atom. The van der Waals surface area contributed by atoms with Gasteiger partial charge in [0.25, 0.3) is 5.91 Å². The van der Waals surface area contributed by atoms with Crippen molar-refractivity contribution in [2.75, 3.05) is 48.1 Å². The maximum atomic E-state index is 13.6. The molecule has 0 N–H and O–H groups in total. The molecule has 1 atom stereocenters. The van der Waals surface area contributed by atoms with E-state index in [1.807, 2.05) is 56.3 Å². The molecule has 1 aliphatic rings. The summed E-state index contributed by atoms with van der Waals surface area (Å²) in [6, 6.07) is 12.8. The molecule has 3 rings (SSSR count). The zero-order valence-electron chi connectivity index (χ0n) is 21.8. The first-order chi connectivity index (χ1) is 17.3. The van der Waals surface area contributed by atoms with E-state index in [-0.39, 0.29) is 30.3 Å². The summed E-state index contributed by atoms with van der Waals surface area (Å²) in [6.45, 7) is 4.20. The third-order valence-electron chi connectivity index (χ3n) is 6.08. The maximum absolute atomic E-state index is 13.6. The number of ether oxygens (including phenoxy) is 4. The van der Waals surface area contributed by atoms with E-state index in [9.17, 15) is 9.59 Å². The van der Waals surface area contributed by atoms with Crippen LogP contribution in [0.1, 0.15) is 37.4 Å². The highest BCUT2D eigenvalue weighted by Crippen LogP contribution is 2.37. The lowest BCUT2D eigenvalue weighted by atomic mass is 9.98. The Bertz CT molecular complexity index is 1080. The minimum Gasteiger partial charge on any atom is -0.497 e. The first kappa shape index (κ1) is 27.0. The van der Waals surface area contributed by atoms with E-state index in [4.69, 9.17) is 24.0 Å². The van der Waals surface area contributed by atoms with E-state index in [2.05, 4.69) is 0 Å². The van der Waals surface area contributed by atoms with Gasteiger partial charge in [0, 0.05) is 26.0 Å². The minimum atomic E-state index is -0.368. The first-order valence-electron chi connectivity index (χ1n) is 11.9. The summed E-state index contributed by atoms with van der Waals surface area (Å²) >= 11 is 0. The number of hydrogen-bond acceptors (Lipinski definition) is 7. The van der Waals surface area contributed by atoms with Crippen molar-refractivity contribution in [3.63, 3.8) is 0 Å². The number of methoxy groups -OCH3 is 4. The molecule has 1 heterocycles. The van der Waals surface area contributed by atoms with E-state index in [0.717, 1.165) is 22.6 Å². The van der Waals surface area contributed by atoms with Crippen LogP contribution in [0.4, 0.5) is 0 Å². The normalized spacial score (nSPS) is 15.0. The fraction of sp³-hybridized carbons (Fsp3) is 0.444. The average molecular weight is 498 g/mol. The topological polar surface area (TPSA) is 89.9 Å². The molecule has 0 fully saturated rings. The SMILES string of the molecule is COCCN(CC(=O)N1N=C(c2ccc(OC)cc2)C[C@H]1c1ccc(OC)c(OC)c1)C(=O)C(C)C. The van der Waals surface area contributed by atoms with Crippen molar-refractivity contribution < 1.29 is 28.5 Å². The number of amides is 2. The molecule has 194 valence electrons. The molecule has 9 heteroatoms. The van der Waals surface area contributed by atoms with Gasteiger partial charge in [-0.3, -0.25) is 9.59 Å². The molecule has 1 aliphatic heterocycles. The second-order valence-corrected chi connectivity index (χ2v) is 8.76. The van der Waals surface area contributed by atoms with Crippen LogP contribution in [-0.4, -0.2) is 75.6 Å². The monoisotopic (exact) mass is 497 g/mol. The zero-order valence-corrected chi connectivity index (χ0v) is 21.8. The van der Waals surface area contributed by atoms with Gasteiger partial charge in [-0.15, -0.1) is 0 Å². The van der Waals surface area contributed by atoms with Gasteiger partial charge >= 0.3 is 0 Å². The largest absolute Gasteiger partial charge is 0.497 e. The lowest BCUT2D eigenvalue weighted by Crippen LogP contribution is -2.44. The highest BCUT2D eigenvalue weighted by atomic mass is 16.5. The van der Waals surface area contributed by atoms with Crippen LogP contribution in [-0.2, 0) is 14.3 Å². The van der Waals surface area contributed by atoms with Gasteiger partial charge in [0.1, 0.15) is 12.3 Å². The third kappa shape index (κ3) is 6.15. The molecule has 0 saturated carbocycles. The molecule has 0 aromatic heterocycles. The number of hydrogen-bond donors (Lipinski definition) is 0. The molecule has 0 unspecified atom stereocenters. The number of carbonyl (C=O) groups is 2. The van der Waals surface area contributed by atoms with Crippen molar-refractivity contribution in [1.82, 2.24) is 9.91 Å². The van der Waals surface area contributed by atoms with Crippen molar-refractivity contribution >= 4 is 17.5 Å². The summed E-state index contributed by atoms with van der Waals surface area (Å²) in [6.07, 6.45) is 0.504. The van der Waals surface area contributed by atoms with Crippen LogP contribution in [0.15, 0.2) is 47.6 Å². The fourth-order valence-corrected chi connectivity index (χ4v) is 4.09. The number of hydrazone groups is 1. The molecule has 2 amide bonds. The highest BCUT2D eigenvalue weighted by molar-refractivity contribution is 6.03. The molecule has 2 aromatic rings. The summed E-state index contributed by atoms with van der Waals surface area (Å²) in [5, 5.41) is 6.21. The number of rotatable bonds is 11. The zero-order chi connectivity index (χ0) is 26.2. The van der Waals surface area contributed by atoms with E-state index >= 15 is 0 Å². The summed E-state index contributed by atoms with van der Waals surface area (Å²) in [5.41, 5.74) is 2.52. The molecule has 0 aliphatic carbocycles. The first-order valence-corrected chi connectivity index (χ1v) is 11.9. The van der Waals surface area contributed by atoms with Gasteiger partial charge in [-0.2, -0.15) is 5.10 Å². The highest BCUT2D eigenvalue weighted by Gasteiger charge is 2.35. The Morgan fingerprint density at radius 3 is 2.28 bits per heavy atom. The van der Waals surface area contributed by atoms with E-state index in [1.54, 1.807) is 28.4 Å². The van der Waals surface area contributed by atoms with Gasteiger partial charge in [0.05, 0.1) is 39.7 Å². The summed E-state index contributed by atoms with van der Waals surface area (Å²) in [4.78, 5) is 27.9. The van der Waals surface area contributed by atoms with Crippen LogP contribution in [0.5, 0.6) is 17.2 Å². The van der Waals surface area contributed by atoms with Crippen LogP contribution in [0.3, 0.4) is 0 Å². The number of carbonyl (C=O) groups excluding carboxylic acids is 2. The van der Waals surface area contributed by atoms with Crippen LogP contribution >= 0.6 is 0 Å². The minimum absolute atomic E-state index is 0.0937. The Morgan fingerprint density at radius 2 is 1.69 bits per heavy atom. The van der Waals surface area contributed by atoms with Crippen LogP contribution < -0.4 is 14.2 Å². The fourth-order valence-electron chi connectivity index (χ4n) is 4.09. The third-order valence-corrected chi connectivity index (χ3v) is 6.08. The molecule has 36 heavy (non-hydrogen) atoms. The molecule has 0 radical (unpaired) electrons. The van der Waals surface area contributed by atoms with Crippen molar-refractivity contribution in [3.05, 3.63) is 53.6 Å². The molecule has 2 aromatic carbocycles. The van der Waals surface area contributed by atoms with Gasteiger partial charge in [-0.1, -0.05) is 19.9 Å². The van der Waals surface area contributed by atoms with E-state index in [0.29, 0.717) is 31.1 Å². The quantitative estimate of drug-likeness (QED) is 0.472. The Kier molecular flexibility index (Phi) is 9.30. The standard InChI is InChI=1S/C27H35N3O6/c1-18(2)27(32)29(13-14-33-3)17-26(31)30-23(20-9-12-24(35-5)25(15-20)36-6)16-22(28-30)19-7-10-21(34-4)11-8-19/h7-12,15,18,23H,13-14,16-17H2,1-6H3/t23-/m0/s1. The van der Waals surface area contributed by atoms with Gasteiger partial charge in [-0.05, 0) is 47.5 Å². The predicted octanol–water partition coefficient (Wildman–Crippen LogP) is 3.52. The molecule has 0 saturated heterocycles. The van der Waals surface area contributed by atoms with Crippen molar-refractivity contribution in [3.8, 4) is 17.2 Å². The van der Waals surface area contributed by atoms with Crippen molar-refractivity contribution in [2.24, 2.45) is 11.0 Å². The lowest BCUT2D eigenvalue weighted by molar-refractivity contribution is -0.143. The Balaban J connectivity index is 1.96. The van der Waals surface area contributed by atoms with Crippen LogP contribution in [0.2, 0.25) is 0 Å².